The third kappa shape index (κ3) is 4.28. The summed E-state index contributed by atoms with van der Waals surface area (Å²) in [4.78, 5) is 24.7. The van der Waals surface area contributed by atoms with Crippen molar-refractivity contribution < 1.29 is 23.5 Å². The van der Waals surface area contributed by atoms with Crippen LogP contribution >= 0.6 is 27.3 Å². The Labute approximate surface area is 172 Å². The second kappa shape index (κ2) is 7.81. The number of carbonyl (C=O) groups is 2. The molecule has 0 saturated carbocycles. The fraction of sp³-hybridized carbons (Fsp3) is 0.100. The van der Waals surface area contributed by atoms with E-state index in [0.717, 1.165) is 11.4 Å². The molecule has 0 atom stereocenters. The molecule has 0 aliphatic carbocycles. The number of carboxylic acids is 1. The van der Waals surface area contributed by atoms with Crippen molar-refractivity contribution in [2.24, 2.45) is 0 Å². The van der Waals surface area contributed by atoms with E-state index < -0.39 is 17.8 Å². The summed E-state index contributed by atoms with van der Waals surface area (Å²) in [7, 11) is 0. The maximum Gasteiger partial charge on any atom is 0.339 e. The number of hydrogen-bond donors (Lipinski definition) is 2. The lowest BCUT2D eigenvalue weighted by atomic mass is 10.1. The highest BCUT2D eigenvalue weighted by Crippen LogP contribution is 2.37. The van der Waals surface area contributed by atoms with Gasteiger partial charge < -0.3 is 10.4 Å². The standard InChI is InChI=1S/C20H14BrF2NO3S/c1-20(22,23)13-6-2-12(3-7-13)18(25)24-15-10-28-17(16(15)19(26)27)11-4-8-14(21)9-5-11/h2-10H,1H3,(H,24,25)(H,26,27). The van der Waals surface area contributed by atoms with Gasteiger partial charge in [0.15, 0.2) is 0 Å². The molecule has 1 amide bonds. The molecule has 0 spiro atoms. The minimum Gasteiger partial charge on any atom is -0.478 e. The first-order valence-corrected chi connectivity index (χ1v) is 9.74. The predicted octanol–water partition coefficient (Wildman–Crippen LogP) is 6.24. The van der Waals surface area contributed by atoms with Crippen LogP contribution < -0.4 is 5.32 Å². The first-order valence-electron chi connectivity index (χ1n) is 8.07. The third-order valence-corrected chi connectivity index (χ3v) is 5.57. The van der Waals surface area contributed by atoms with Gasteiger partial charge in [0, 0.05) is 27.9 Å². The number of aromatic carboxylic acids is 1. The van der Waals surface area contributed by atoms with Gasteiger partial charge in [0.05, 0.1) is 10.6 Å². The van der Waals surface area contributed by atoms with Gasteiger partial charge in [-0.25, -0.2) is 13.6 Å². The summed E-state index contributed by atoms with van der Waals surface area (Å²) in [5.41, 5.74) is 0.799. The van der Waals surface area contributed by atoms with Gasteiger partial charge in [0.1, 0.15) is 5.56 Å². The van der Waals surface area contributed by atoms with Crippen molar-refractivity contribution in [3.8, 4) is 10.4 Å². The first-order chi connectivity index (χ1) is 13.2. The zero-order chi connectivity index (χ0) is 20.5. The van der Waals surface area contributed by atoms with Crippen LogP contribution in [-0.2, 0) is 5.92 Å². The smallest absolute Gasteiger partial charge is 0.339 e. The molecule has 0 fully saturated rings. The lowest BCUT2D eigenvalue weighted by Gasteiger charge is -2.11. The van der Waals surface area contributed by atoms with E-state index in [1.807, 2.05) is 0 Å². The van der Waals surface area contributed by atoms with Crippen molar-refractivity contribution >= 4 is 44.8 Å². The molecule has 3 aromatic rings. The van der Waals surface area contributed by atoms with Crippen LogP contribution in [0.5, 0.6) is 0 Å². The molecular formula is C20H14BrF2NO3S. The van der Waals surface area contributed by atoms with E-state index in [2.05, 4.69) is 21.2 Å². The summed E-state index contributed by atoms with van der Waals surface area (Å²) in [5.74, 6) is -4.75. The van der Waals surface area contributed by atoms with E-state index in [9.17, 15) is 23.5 Å². The summed E-state index contributed by atoms with van der Waals surface area (Å²) in [6, 6.07) is 12.1. The number of thiophene rings is 1. The average Bonchev–Trinajstić information content (AvgIpc) is 3.05. The highest BCUT2D eigenvalue weighted by atomic mass is 79.9. The number of nitrogens with one attached hydrogen (secondary N) is 1. The first kappa shape index (κ1) is 20.2. The molecule has 0 radical (unpaired) electrons. The third-order valence-electron chi connectivity index (χ3n) is 4.01. The van der Waals surface area contributed by atoms with Crippen LogP contribution in [0.4, 0.5) is 14.5 Å². The molecule has 1 heterocycles. The Morgan fingerprint density at radius 3 is 2.21 bits per heavy atom. The fourth-order valence-corrected chi connectivity index (χ4v) is 3.85. The number of carbonyl (C=O) groups excluding carboxylic acids is 1. The zero-order valence-corrected chi connectivity index (χ0v) is 16.9. The molecule has 0 aliphatic rings. The predicted molar refractivity (Wildman–Crippen MR) is 108 cm³/mol. The van der Waals surface area contributed by atoms with Crippen molar-refractivity contribution in [1.82, 2.24) is 0 Å². The van der Waals surface area contributed by atoms with E-state index >= 15 is 0 Å². The van der Waals surface area contributed by atoms with Gasteiger partial charge in [-0.05, 0) is 29.8 Å². The highest BCUT2D eigenvalue weighted by molar-refractivity contribution is 9.10. The monoisotopic (exact) mass is 465 g/mol. The van der Waals surface area contributed by atoms with E-state index in [0.29, 0.717) is 10.4 Å². The van der Waals surface area contributed by atoms with Gasteiger partial charge in [0.25, 0.3) is 11.8 Å². The van der Waals surface area contributed by atoms with Crippen LogP contribution in [0.15, 0.2) is 58.4 Å². The number of halogens is 3. The van der Waals surface area contributed by atoms with Crippen LogP contribution in [0.1, 0.15) is 33.2 Å². The molecule has 144 valence electrons. The number of anilines is 1. The Hall–Kier alpha value is -2.58. The Balaban J connectivity index is 1.89. The van der Waals surface area contributed by atoms with Gasteiger partial charge in [-0.2, -0.15) is 0 Å². The number of alkyl halides is 2. The van der Waals surface area contributed by atoms with Gasteiger partial charge in [-0.15, -0.1) is 11.3 Å². The van der Waals surface area contributed by atoms with Crippen LogP contribution in [0.25, 0.3) is 10.4 Å². The molecule has 0 saturated heterocycles. The van der Waals surface area contributed by atoms with Crippen LogP contribution in [-0.4, -0.2) is 17.0 Å². The molecule has 4 nitrogen and oxygen atoms in total. The van der Waals surface area contributed by atoms with E-state index in [1.165, 1.54) is 35.6 Å². The van der Waals surface area contributed by atoms with Crippen molar-refractivity contribution in [2.75, 3.05) is 5.32 Å². The highest BCUT2D eigenvalue weighted by Gasteiger charge is 2.25. The second-order valence-electron chi connectivity index (χ2n) is 6.09. The number of amides is 1. The summed E-state index contributed by atoms with van der Waals surface area (Å²) < 4.78 is 27.5. The molecule has 8 heteroatoms. The lowest BCUT2D eigenvalue weighted by Crippen LogP contribution is -2.14. The summed E-state index contributed by atoms with van der Waals surface area (Å²) in [6.07, 6.45) is 0. The topological polar surface area (TPSA) is 66.4 Å². The molecule has 0 aliphatic heterocycles. The molecule has 28 heavy (non-hydrogen) atoms. The summed E-state index contributed by atoms with van der Waals surface area (Å²) in [6.45, 7) is 0.774. The maximum absolute atomic E-state index is 13.3. The van der Waals surface area contributed by atoms with E-state index in [4.69, 9.17) is 0 Å². The minimum atomic E-state index is -3.00. The van der Waals surface area contributed by atoms with Crippen LogP contribution in [0.2, 0.25) is 0 Å². The number of hydrogen-bond acceptors (Lipinski definition) is 3. The molecule has 1 aromatic heterocycles. The number of benzene rings is 2. The SMILES string of the molecule is CC(F)(F)c1ccc(C(=O)Nc2csc(-c3ccc(Br)cc3)c2C(=O)O)cc1. The zero-order valence-electron chi connectivity index (χ0n) is 14.5. The number of rotatable bonds is 5. The molecular weight excluding hydrogens is 452 g/mol. The van der Waals surface area contributed by atoms with Gasteiger partial charge in [-0.1, -0.05) is 40.2 Å². The summed E-state index contributed by atoms with van der Waals surface area (Å²) in [5, 5.41) is 13.7. The van der Waals surface area contributed by atoms with Crippen LogP contribution in [0.3, 0.4) is 0 Å². The van der Waals surface area contributed by atoms with Crippen molar-refractivity contribution in [3.63, 3.8) is 0 Å². The fourth-order valence-electron chi connectivity index (χ4n) is 2.58. The van der Waals surface area contributed by atoms with Crippen molar-refractivity contribution in [1.29, 1.82) is 0 Å². The molecule has 3 rings (SSSR count). The molecule has 0 bridgehead atoms. The largest absolute Gasteiger partial charge is 0.478 e. The van der Waals surface area contributed by atoms with Crippen LogP contribution in [0, 0.1) is 0 Å². The quantitative estimate of drug-likeness (QED) is 0.468. The Bertz CT molecular complexity index is 1030. The van der Waals surface area contributed by atoms with Crippen molar-refractivity contribution in [2.45, 2.75) is 12.8 Å². The minimum absolute atomic E-state index is 0.0163. The van der Waals surface area contributed by atoms with E-state index in [-0.39, 0.29) is 22.4 Å². The van der Waals surface area contributed by atoms with E-state index in [1.54, 1.807) is 29.6 Å². The normalized spacial score (nSPS) is 11.3. The Kier molecular flexibility index (Phi) is 5.62. The average molecular weight is 466 g/mol. The lowest BCUT2D eigenvalue weighted by molar-refractivity contribution is 0.0174. The maximum atomic E-state index is 13.3. The van der Waals surface area contributed by atoms with Crippen molar-refractivity contribution in [3.05, 3.63) is 75.1 Å². The number of carboxylic acid groups (broad SMARTS) is 1. The Morgan fingerprint density at radius 1 is 1.07 bits per heavy atom. The van der Waals surface area contributed by atoms with Gasteiger partial charge in [-0.3, -0.25) is 4.79 Å². The van der Waals surface area contributed by atoms with Gasteiger partial charge in [0.2, 0.25) is 0 Å². The second-order valence-corrected chi connectivity index (χ2v) is 7.88. The van der Waals surface area contributed by atoms with Gasteiger partial charge >= 0.3 is 5.97 Å². The molecule has 0 unspecified atom stereocenters. The molecule has 2 aromatic carbocycles. The Morgan fingerprint density at radius 2 is 1.68 bits per heavy atom. The summed E-state index contributed by atoms with van der Waals surface area (Å²) >= 11 is 4.53. The molecule has 2 N–H and O–H groups in total.